The van der Waals surface area contributed by atoms with Crippen molar-refractivity contribution in [3.05, 3.63) is 56.7 Å². The molecule has 20 heavy (non-hydrogen) atoms. The molecule has 2 aromatic rings. The average Bonchev–Trinajstić information content (AvgIpc) is 2.92. The van der Waals surface area contributed by atoms with Crippen molar-refractivity contribution in [2.24, 2.45) is 0 Å². The van der Waals surface area contributed by atoms with Gasteiger partial charge in [-0.2, -0.15) is 11.3 Å². The van der Waals surface area contributed by atoms with Gasteiger partial charge in [-0.25, -0.2) is 0 Å². The van der Waals surface area contributed by atoms with Crippen LogP contribution in [0.2, 0.25) is 5.02 Å². The van der Waals surface area contributed by atoms with Crippen molar-refractivity contribution >= 4 is 22.9 Å². The molecule has 1 unspecified atom stereocenters. The van der Waals surface area contributed by atoms with Crippen molar-refractivity contribution in [3.63, 3.8) is 0 Å². The second-order valence-corrected chi connectivity index (χ2v) is 6.47. The maximum absolute atomic E-state index is 6.36. The van der Waals surface area contributed by atoms with Crippen LogP contribution >= 0.6 is 22.9 Å². The minimum atomic E-state index is 0.449. The number of rotatable bonds is 7. The highest BCUT2D eigenvalue weighted by Gasteiger charge is 2.12. The largest absolute Gasteiger partial charge is 0.313 e. The first-order chi connectivity index (χ1) is 9.69. The zero-order valence-corrected chi connectivity index (χ0v) is 13.7. The number of thiophene rings is 1. The van der Waals surface area contributed by atoms with Crippen LogP contribution in [0.4, 0.5) is 0 Å². The quantitative estimate of drug-likeness (QED) is 0.770. The van der Waals surface area contributed by atoms with E-state index in [1.807, 2.05) is 0 Å². The molecular formula is C17H22ClNS. The van der Waals surface area contributed by atoms with E-state index in [0.29, 0.717) is 6.04 Å². The normalized spacial score (nSPS) is 12.6. The van der Waals surface area contributed by atoms with Crippen LogP contribution in [0.25, 0.3) is 0 Å². The predicted octanol–water partition coefficient (Wildman–Crippen LogP) is 4.86. The van der Waals surface area contributed by atoms with Crippen LogP contribution in [0.3, 0.4) is 0 Å². The third-order valence-corrected chi connectivity index (χ3v) is 4.50. The van der Waals surface area contributed by atoms with Crippen molar-refractivity contribution in [1.29, 1.82) is 0 Å². The third kappa shape index (κ3) is 4.62. The topological polar surface area (TPSA) is 12.0 Å². The zero-order valence-electron chi connectivity index (χ0n) is 12.2. The smallest absolute Gasteiger partial charge is 0.0441 e. The summed E-state index contributed by atoms with van der Waals surface area (Å²) in [6.45, 7) is 5.33. The summed E-state index contributed by atoms with van der Waals surface area (Å²) < 4.78 is 0. The van der Waals surface area contributed by atoms with E-state index < -0.39 is 0 Å². The van der Waals surface area contributed by atoms with Crippen LogP contribution in [0.5, 0.6) is 0 Å². The lowest BCUT2D eigenvalue weighted by molar-refractivity contribution is 0.505. The van der Waals surface area contributed by atoms with Gasteiger partial charge in [0.05, 0.1) is 0 Å². The molecule has 0 aliphatic carbocycles. The molecule has 1 N–H and O–H groups in total. The second-order valence-electron chi connectivity index (χ2n) is 5.29. The Hall–Kier alpha value is -0.830. The second kappa shape index (κ2) is 7.82. The van der Waals surface area contributed by atoms with E-state index in [4.69, 9.17) is 11.6 Å². The van der Waals surface area contributed by atoms with Crippen LogP contribution in [0.1, 0.15) is 30.0 Å². The molecule has 0 spiro atoms. The summed E-state index contributed by atoms with van der Waals surface area (Å²) in [6, 6.07) is 9.01. The van der Waals surface area contributed by atoms with E-state index in [1.54, 1.807) is 11.3 Å². The summed E-state index contributed by atoms with van der Waals surface area (Å²) in [7, 11) is 0. The summed E-state index contributed by atoms with van der Waals surface area (Å²) in [4.78, 5) is 0. The monoisotopic (exact) mass is 307 g/mol. The number of hydrogen-bond donors (Lipinski definition) is 1. The fraction of sp³-hybridized carbons (Fsp3) is 0.412. The summed E-state index contributed by atoms with van der Waals surface area (Å²) in [5.74, 6) is 0. The van der Waals surface area contributed by atoms with Crippen LogP contribution in [-0.4, -0.2) is 12.6 Å². The zero-order chi connectivity index (χ0) is 14.4. The standard InChI is InChI=1S/C17H22ClNS/c1-3-7-19-16(10-14-6-8-20-12-14)11-15-5-4-13(2)9-17(15)18/h4-6,8-9,12,16,19H,3,7,10-11H2,1-2H3. The van der Waals surface area contributed by atoms with Crippen molar-refractivity contribution in [2.75, 3.05) is 6.54 Å². The molecule has 1 aromatic carbocycles. The fourth-order valence-corrected chi connectivity index (χ4v) is 3.34. The summed E-state index contributed by atoms with van der Waals surface area (Å²) in [5.41, 5.74) is 3.86. The Morgan fingerprint density at radius 1 is 1.25 bits per heavy atom. The maximum Gasteiger partial charge on any atom is 0.0441 e. The summed E-state index contributed by atoms with van der Waals surface area (Å²) >= 11 is 8.13. The molecule has 1 atom stereocenters. The lowest BCUT2D eigenvalue weighted by Crippen LogP contribution is -2.33. The molecule has 1 heterocycles. The molecule has 0 aliphatic rings. The number of nitrogens with one attached hydrogen (secondary N) is 1. The molecule has 0 radical (unpaired) electrons. The molecule has 0 saturated heterocycles. The molecule has 108 valence electrons. The number of hydrogen-bond acceptors (Lipinski definition) is 2. The van der Waals surface area contributed by atoms with Gasteiger partial charge < -0.3 is 5.32 Å². The first-order valence-electron chi connectivity index (χ1n) is 7.18. The van der Waals surface area contributed by atoms with Crippen molar-refractivity contribution in [3.8, 4) is 0 Å². The molecule has 0 saturated carbocycles. The van der Waals surface area contributed by atoms with Crippen LogP contribution in [-0.2, 0) is 12.8 Å². The lowest BCUT2D eigenvalue weighted by Gasteiger charge is -2.19. The molecule has 2 rings (SSSR count). The SMILES string of the molecule is CCCNC(Cc1ccsc1)Cc1ccc(C)cc1Cl. The molecule has 3 heteroatoms. The van der Waals surface area contributed by atoms with Crippen LogP contribution < -0.4 is 5.32 Å². The Balaban J connectivity index is 2.06. The third-order valence-electron chi connectivity index (χ3n) is 3.42. The minimum absolute atomic E-state index is 0.449. The van der Waals surface area contributed by atoms with E-state index in [-0.39, 0.29) is 0 Å². The van der Waals surface area contributed by atoms with E-state index in [0.717, 1.165) is 30.8 Å². The van der Waals surface area contributed by atoms with Gasteiger partial charge in [0, 0.05) is 11.1 Å². The van der Waals surface area contributed by atoms with Gasteiger partial charge >= 0.3 is 0 Å². The number of halogens is 1. The first kappa shape index (κ1) is 15.6. The molecule has 0 amide bonds. The van der Waals surface area contributed by atoms with Gasteiger partial charge in [0.25, 0.3) is 0 Å². The Labute approximate surface area is 131 Å². The Kier molecular flexibility index (Phi) is 6.08. The van der Waals surface area contributed by atoms with Crippen LogP contribution in [0, 0.1) is 6.92 Å². The summed E-state index contributed by atoms with van der Waals surface area (Å²) in [5, 5.41) is 8.91. The Morgan fingerprint density at radius 3 is 2.75 bits per heavy atom. The van der Waals surface area contributed by atoms with Gasteiger partial charge in [-0.15, -0.1) is 0 Å². The van der Waals surface area contributed by atoms with E-state index >= 15 is 0 Å². The highest BCUT2D eigenvalue weighted by molar-refractivity contribution is 7.07. The van der Waals surface area contributed by atoms with Crippen molar-refractivity contribution < 1.29 is 0 Å². The Bertz CT molecular complexity index is 522. The molecule has 0 fully saturated rings. The van der Waals surface area contributed by atoms with Gasteiger partial charge in [-0.3, -0.25) is 0 Å². The predicted molar refractivity (Wildman–Crippen MR) is 90.0 cm³/mol. The van der Waals surface area contributed by atoms with Gasteiger partial charge in [0.1, 0.15) is 0 Å². The van der Waals surface area contributed by atoms with Gasteiger partial charge in [-0.05, 0) is 72.3 Å². The van der Waals surface area contributed by atoms with Gasteiger partial charge in [0.15, 0.2) is 0 Å². The molecule has 1 aromatic heterocycles. The van der Waals surface area contributed by atoms with Crippen molar-refractivity contribution in [2.45, 2.75) is 39.2 Å². The maximum atomic E-state index is 6.36. The van der Waals surface area contributed by atoms with Crippen molar-refractivity contribution in [1.82, 2.24) is 5.32 Å². The highest BCUT2D eigenvalue weighted by atomic mass is 35.5. The van der Waals surface area contributed by atoms with E-state index in [1.165, 1.54) is 16.7 Å². The van der Waals surface area contributed by atoms with E-state index in [2.05, 4.69) is 54.2 Å². The average molecular weight is 308 g/mol. The van der Waals surface area contributed by atoms with Gasteiger partial charge in [0.2, 0.25) is 0 Å². The summed E-state index contributed by atoms with van der Waals surface area (Å²) in [6.07, 6.45) is 3.20. The minimum Gasteiger partial charge on any atom is -0.313 e. The molecule has 0 bridgehead atoms. The molecule has 0 aliphatic heterocycles. The van der Waals surface area contributed by atoms with Gasteiger partial charge in [-0.1, -0.05) is 30.7 Å². The molecule has 1 nitrogen and oxygen atoms in total. The molecular weight excluding hydrogens is 286 g/mol. The van der Waals surface area contributed by atoms with E-state index in [9.17, 15) is 0 Å². The fourth-order valence-electron chi connectivity index (χ4n) is 2.34. The highest BCUT2D eigenvalue weighted by Crippen LogP contribution is 2.20. The first-order valence-corrected chi connectivity index (χ1v) is 8.50. The lowest BCUT2D eigenvalue weighted by atomic mass is 9.99. The number of benzene rings is 1. The van der Waals surface area contributed by atoms with Crippen LogP contribution in [0.15, 0.2) is 35.0 Å². The Morgan fingerprint density at radius 2 is 2.10 bits per heavy atom. The number of aryl methyl sites for hydroxylation is 1.